The van der Waals surface area contributed by atoms with Crippen molar-refractivity contribution in [3.05, 3.63) is 16.6 Å². The first-order valence-electron chi connectivity index (χ1n) is 2.95. The molecule has 0 radical (unpaired) electrons. The zero-order valence-corrected chi connectivity index (χ0v) is 7.59. The molecule has 0 amide bonds. The van der Waals surface area contributed by atoms with E-state index in [9.17, 15) is 9.36 Å². The van der Waals surface area contributed by atoms with Crippen LogP contribution in [0, 0.1) is 0 Å². The Kier molecular flexibility index (Phi) is 2.74. The number of hydrogen-bond acceptors (Lipinski definition) is 4. The molecule has 1 rings (SSSR count). The van der Waals surface area contributed by atoms with Gasteiger partial charge in [0.05, 0.1) is 10.4 Å². The van der Waals surface area contributed by atoms with Crippen LogP contribution in [0.4, 0.5) is 0 Å². The third kappa shape index (κ3) is 2.83. The van der Waals surface area contributed by atoms with Crippen LogP contribution < -0.4 is 0 Å². The van der Waals surface area contributed by atoms with Crippen LogP contribution >= 0.6 is 18.9 Å². The molecule has 0 atom stereocenters. The molecule has 2 N–H and O–H groups in total. The number of carbonyl (C=O) groups excluding carboxylic acids is 1. The SMILES string of the molecule is O=C(CP(=O)(O)O)c1cncs1. The van der Waals surface area contributed by atoms with E-state index in [4.69, 9.17) is 9.79 Å². The average molecular weight is 207 g/mol. The van der Waals surface area contributed by atoms with Gasteiger partial charge in [-0.05, 0) is 0 Å². The molecule has 0 fully saturated rings. The van der Waals surface area contributed by atoms with Crippen molar-refractivity contribution in [3.8, 4) is 0 Å². The second-order valence-electron chi connectivity index (χ2n) is 2.11. The Morgan fingerprint density at radius 2 is 2.33 bits per heavy atom. The molecule has 0 aliphatic heterocycles. The van der Waals surface area contributed by atoms with E-state index >= 15 is 0 Å². The van der Waals surface area contributed by atoms with E-state index < -0.39 is 19.5 Å². The fraction of sp³-hybridized carbons (Fsp3) is 0.200. The second kappa shape index (κ2) is 3.45. The lowest BCUT2D eigenvalue weighted by atomic mass is 10.4. The summed E-state index contributed by atoms with van der Waals surface area (Å²) in [6, 6.07) is 0. The van der Waals surface area contributed by atoms with Crippen LogP contribution in [-0.2, 0) is 4.57 Å². The highest BCUT2D eigenvalue weighted by Crippen LogP contribution is 2.35. The third-order valence-electron chi connectivity index (χ3n) is 1.06. The van der Waals surface area contributed by atoms with Gasteiger partial charge in [0.15, 0.2) is 5.78 Å². The molecule has 0 bridgehead atoms. The smallest absolute Gasteiger partial charge is 0.324 e. The van der Waals surface area contributed by atoms with Crippen molar-refractivity contribution in [3.63, 3.8) is 0 Å². The first-order chi connectivity index (χ1) is 5.49. The summed E-state index contributed by atoms with van der Waals surface area (Å²) >= 11 is 1.07. The van der Waals surface area contributed by atoms with Gasteiger partial charge in [0.1, 0.15) is 6.16 Å². The maximum atomic E-state index is 11.0. The van der Waals surface area contributed by atoms with Gasteiger partial charge in [-0.15, -0.1) is 11.3 Å². The predicted octanol–water partition coefficient (Wildman–Crippen LogP) is 0.503. The Morgan fingerprint density at radius 1 is 1.67 bits per heavy atom. The molecule has 0 saturated heterocycles. The molecule has 0 spiro atoms. The predicted molar refractivity (Wildman–Crippen MR) is 43.4 cm³/mol. The highest BCUT2D eigenvalue weighted by atomic mass is 32.1. The van der Waals surface area contributed by atoms with Gasteiger partial charge in [-0.1, -0.05) is 0 Å². The minimum absolute atomic E-state index is 0.276. The quantitative estimate of drug-likeness (QED) is 0.556. The molecule has 1 heterocycles. The van der Waals surface area contributed by atoms with E-state index in [1.165, 1.54) is 11.7 Å². The summed E-state index contributed by atoms with van der Waals surface area (Å²) in [7, 11) is -4.23. The molecule has 12 heavy (non-hydrogen) atoms. The Morgan fingerprint density at radius 3 is 2.75 bits per heavy atom. The van der Waals surface area contributed by atoms with Gasteiger partial charge in [0, 0.05) is 6.20 Å². The normalized spacial score (nSPS) is 11.5. The monoisotopic (exact) mass is 207 g/mol. The highest BCUT2D eigenvalue weighted by molar-refractivity contribution is 7.53. The van der Waals surface area contributed by atoms with Gasteiger partial charge in [-0.2, -0.15) is 0 Å². The van der Waals surface area contributed by atoms with E-state index in [0.717, 1.165) is 11.3 Å². The van der Waals surface area contributed by atoms with Crippen LogP contribution in [0.3, 0.4) is 0 Å². The summed E-state index contributed by atoms with van der Waals surface area (Å²) < 4.78 is 10.4. The first-order valence-corrected chi connectivity index (χ1v) is 5.63. The number of thiazole rings is 1. The maximum absolute atomic E-state index is 11.0. The first kappa shape index (κ1) is 9.54. The van der Waals surface area contributed by atoms with E-state index in [0.29, 0.717) is 0 Å². The lowest BCUT2D eigenvalue weighted by Gasteiger charge is -1.99. The van der Waals surface area contributed by atoms with Crippen LogP contribution in [0.15, 0.2) is 11.7 Å². The number of aromatic nitrogens is 1. The van der Waals surface area contributed by atoms with Crippen LogP contribution in [0.5, 0.6) is 0 Å². The van der Waals surface area contributed by atoms with E-state index in [1.54, 1.807) is 0 Å². The molecule has 5 nitrogen and oxygen atoms in total. The maximum Gasteiger partial charge on any atom is 0.333 e. The summed E-state index contributed by atoms with van der Waals surface area (Å²) in [5.74, 6) is -0.564. The number of nitrogens with zero attached hydrogens (tertiary/aromatic N) is 1. The number of Topliss-reactive ketones (excluding diaryl/α,β-unsaturated/α-hetero) is 1. The lowest BCUT2D eigenvalue weighted by molar-refractivity contribution is 0.101. The number of carbonyl (C=O) groups is 1. The minimum atomic E-state index is -4.23. The van der Waals surface area contributed by atoms with Crippen molar-refractivity contribution < 1.29 is 19.1 Å². The van der Waals surface area contributed by atoms with Gasteiger partial charge in [0.25, 0.3) is 0 Å². The Bertz CT molecular complexity index is 316. The lowest BCUT2D eigenvalue weighted by Crippen LogP contribution is -2.03. The molecule has 0 aliphatic carbocycles. The fourth-order valence-electron chi connectivity index (χ4n) is 0.618. The molecule has 66 valence electrons. The second-order valence-corrected chi connectivity index (χ2v) is 4.64. The van der Waals surface area contributed by atoms with Gasteiger partial charge in [-0.3, -0.25) is 14.3 Å². The summed E-state index contributed by atoms with van der Waals surface area (Å²) in [6.07, 6.45) is 0.553. The van der Waals surface area contributed by atoms with Crippen LogP contribution in [-0.4, -0.2) is 26.7 Å². The van der Waals surface area contributed by atoms with Crippen LogP contribution in [0.25, 0.3) is 0 Å². The molecule has 7 heteroatoms. The standard InChI is InChI=1S/C5H6NO4PS/c7-4(2-11(8,9)10)5-1-6-3-12-5/h1,3H,2H2,(H2,8,9,10). The van der Waals surface area contributed by atoms with Gasteiger partial charge >= 0.3 is 7.60 Å². The molecule has 0 unspecified atom stereocenters. The minimum Gasteiger partial charge on any atom is -0.324 e. The molecule has 0 aromatic carbocycles. The molecular formula is C5H6NO4PS. The van der Waals surface area contributed by atoms with Crippen molar-refractivity contribution in [2.24, 2.45) is 0 Å². The third-order valence-corrected chi connectivity index (χ3v) is 2.57. The van der Waals surface area contributed by atoms with Gasteiger partial charge < -0.3 is 9.79 Å². The zero-order chi connectivity index (χ0) is 9.19. The fourth-order valence-corrected chi connectivity index (χ4v) is 1.83. The summed E-state index contributed by atoms with van der Waals surface area (Å²) in [4.78, 5) is 31.8. The van der Waals surface area contributed by atoms with Crippen molar-refractivity contribution in [1.29, 1.82) is 0 Å². The number of rotatable bonds is 3. The Balaban J connectivity index is 2.69. The van der Waals surface area contributed by atoms with E-state index in [2.05, 4.69) is 4.98 Å². The summed E-state index contributed by atoms with van der Waals surface area (Å²) in [5.41, 5.74) is 1.44. The average Bonchev–Trinajstić information content (AvgIpc) is 2.32. The molecule has 0 aliphatic rings. The Hall–Kier alpha value is -0.550. The summed E-state index contributed by atoms with van der Waals surface area (Å²) in [6.45, 7) is 0. The van der Waals surface area contributed by atoms with Gasteiger partial charge in [-0.25, -0.2) is 0 Å². The van der Waals surface area contributed by atoms with E-state index in [1.807, 2.05) is 0 Å². The summed E-state index contributed by atoms with van der Waals surface area (Å²) in [5, 5.41) is 0. The largest absolute Gasteiger partial charge is 0.333 e. The van der Waals surface area contributed by atoms with Gasteiger partial charge in [0.2, 0.25) is 0 Å². The van der Waals surface area contributed by atoms with Crippen molar-refractivity contribution in [1.82, 2.24) is 4.98 Å². The molecule has 1 aromatic rings. The van der Waals surface area contributed by atoms with Crippen LogP contribution in [0.2, 0.25) is 0 Å². The van der Waals surface area contributed by atoms with Crippen molar-refractivity contribution in [2.45, 2.75) is 0 Å². The van der Waals surface area contributed by atoms with Crippen LogP contribution in [0.1, 0.15) is 9.67 Å². The topological polar surface area (TPSA) is 87.5 Å². The number of hydrogen-bond donors (Lipinski definition) is 2. The van der Waals surface area contributed by atoms with Crippen molar-refractivity contribution in [2.75, 3.05) is 6.16 Å². The zero-order valence-electron chi connectivity index (χ0n) is 5.88. The molecule has 0 saturated carbocycles. The molecule has 1 aromatic heterocycles. The number of ketones is 1. The highest BCUT2D eigenvalue weighted by Gasteiger charge is 2.20. The van der Waals surface area contributed by atoms with Crippen molar-refractivity contribution >= 4 is 24.7 Å². The molecular weight excluding hydrogens is 201 g/mol. The van der Waals surface area contributed by atoms with E-state index in [-0.39, 0.29) is 4.88 Å². The Labute approximate surface area is 72.2 Å².